The lowest BCUT2D eigenvalue weighted by Crippen LogP contribution is -2.09. The molecular weight excluding hydrogens is 148 g/mol. The van der Waals surface area contributed by atoms with Crippen molar-refractivity contribution in [3.8, 4) is 0 Å². The van der Waals surface area contributed by atoms with Gasteiger partial charge in [0.25, 0.3) is 0 Å². The summed E-state index contributed by atoms with van der Waals surface area (Å²) in [6.45, 7) is 3.66. The Balaban J connectivity index is 2.53. The molecule has 0 spiro atoms. The topological polar surface area (TPSA) is 38.9 Å². The van der Waals surface area contributed by atoms with E-state index in [9.17, 15) is 0 Å². The second-order valence-corrected chi connectivity index (χ2v) is 2.76. The summed E-state index contributed by atoms with van der Waals surface area (Å²) in [5.74, 6) is 0. The number of rotatable bonds is 4. The van der Waals surface area contributed by atoms with Crippen molar-refractivity contribution in [2.24, 2.45) is 5.73 Å². The highest BCUT2D eigenvalue weighted by Gasteiger charge is 2.02. The molecule has 12 heavy (non-hydrogen) atoms. The fourth-order valence-corrected chi connectivity index (χ4v) is 1.06. The van der Waals surface area contributed by atoms with E-state index in [1.807, 2.05) is 24.4 Å². The minimum atomic E-state index is 0.0942. The van der Waals surface area contributed by atoms with Crippen molar-refractivity contribution in [3.05, 3.63) is 42.7 Å². The van der Waals surface area contributed by atoms with Crippen LogP contribution in [0.5, 0.6) is 0 Å². The van der Waals surface area contributed by atoms with Crippen LogP contribution in [0.25, 0.3) is 0 Å². The highest BCUT2D eigenvalue weighted by atomic mass is 14.7. The van der Waals surface area contributed by atoms with Crippen molar-refractivity contribution in [3.63, 3.8) is 0 Å². The van der Waals surface area contributed by atoms with E-state index in [4.69, 9.17) is 5.73 Å². The zero-order valence-corrected chi connectivity index (χ0v) is 7.11. The third kappa shape index (κ3) is 2.47. The normalized spacial score (nSPS) is 12.4. The monoisotopic (exact) mass is 162 g/mol. The fraction of sp³-hybridized carbons (Fsp3) is 0.300. The molecule has 0 saturated heterocycles. The molecule has 0 fully saturated rings. The van der Waals surface area contributed by atoms with Gasteiger partial charge in [0.15, 0.2) is 0 Å². The molecule has 1 heterocycles. The molecule has 0 unspecified atom stereocenters. The first-order valence-electron chi connectivity index (χ1n) is 4.11. The summed E-state index contributed by atoms with van der Waals surface area (Å²) in [7, 11) is 0. The van der Waals surface area contributed by atoms with E-state index in [2.05, 4.69) is 11.6 Å². The van der Waals surface area contributed by atoms with Crippen molar-refractivity contribution < 1.29 is 0 Å². The Labute approximate surface area is 73.1 Å². The van der Waals surface area contributed by atoms with Crippen molar-refractivity contribution in [2.75, 3.05) is 0 Å². The maximum atomic E-state index is 5.89. The molecule has 2 heteroatoms. The number of pyridine rings is 1. The molecule has 64 valence electrons. The number of nitrogens with two attached hydrogens (primary N) is 1. The van der Waals surface area contributed by atoms with Crippen molar-refractivity contribution in [1.29, 1.82) is 0 Å². The third-order valence-electron chi connectivity index (χ3n) is 1.79. The van der Waals surface area contributed by atoms with Crippen LogP contribution in [0.2, 0.25) is 0 Å². The summed E-state index contributed by atoms with van der Waals surface area (Å²) in [6, 6.07) is 4.00. The Kier molecular flexibility index (Phi) is 3.48. The van der Waals surface area contributed by atoms with Gasteiger partial charge in [0.2, 0.25) is 0 Å². The van der Waals surface area contributed by atoms with Crippen LogP contribution in [0.4, 0.5) is 0 Å². The van der Waals surface area contributed by atoms with Gasteiger partial charge in [-0.05, 0) is 24.5 Å². The molecule has 0 amide bonds. The highest BCUT2D eigenvalue weighted by molar-refractivity contribution is 5.12. The molecule has 2 N–H and O–H groups in total. The zero-order chi connectivity index (χ0) is 8.81. The van der Waals surface area contributed by atoms with Gasteiger partial charge in [-0.25, -0.2) is 0 Å². The van der Waals surface area contributed by atoms with E-state index in [0.717, 1.165) is 18.4 Å². The standard InChI is InChI=1S/C10H14N2/c1-2-3-6-10(11)9-5-4-7-12-8-9/h2,4-5,7-8,10H,1,3,6,11H2/t10-/m1/s1. The Morgan fingerprint density at radius 1 is 1.67 bits per heavy atom. The van der Waals surface area contributed by atoms with Crippen LogP contribution < -0.4 is 5.73 Å². The van der Waals surface area contributed by atoms with E-state index in [-0.39, 0.29) is 6.04 Å². The Bertz CT molecular complexity index is 231. The Hall–Kier alpha value is -1.15. The smallest absolute Gasteiger partial charge is 0.0315 e. The summed E-state index contributed by atoms with van der Waals surface area (Å²) in [5.41, 5.74) is 6.99. The first kappa shape index (κ1) is 8.94. The van der Waals surface area contributed by atoms with Crippen LogP contribution in [0.3, 0.4) is 0 Å². The summed E-state index contributed by atoms with van der Waals surface area (Å²) in [4.78, 5) is 4.01. The van der Waals surface area contributed by atoms with E-state index >= 15 is 0 Å². The average Bonchev–Trinajstić information content (AvgIpc) is 2.15. The molecule has 0 aliphatic rings. The molecule has 1 atom stereocenters. The fourth-order valence-electron chi connectivity index (χ4n) is 1.06. The second kappa shape index (κ2) is 4.67. The molecule has 0 radical (unpaired) electrons. The summed E-state index contributed by atoms with van der Waals surface area (Å²) >= 11 is 0. The minimum absolute atomic E-state index is 0.0942. The second-order valence-electron chi connectivity index (χ2n) is 2.76. The SMILES string of the molecule is C=CCC[C@@H](N)c1cccnc1. The molecule has 1 aromatic heterocycles. The molecule has 0 bridgehead atoms. The summed E-state index contributed by atoms with van der Waals surface area (Å²) in [5, 5.41) is 0. The molecule has 0 saturated carbocycles. The van der Waals surface area contributed by atoms with Gasteiger partial charge in [-0.2, -0.15) is 0 Å². The lowest BCUT2D eigenvalue weighted by atomic mass is 10.1. The van der Waals surface area contributed by atoms with Crippen LogP contribution in [0.15, 0.2) is 37.2 Å². The van der Waals surface area contributed by atoms with Gasteiger partial charge in [-0.3, -0.25) is 4.98 Å². The van der Waals surface area contributed by atoms with Crippen LogP contribution >= 0.6 is 0 Å². The van der Waals surface area contributed by atoms with Crippen molar-refractivity contribution >= 4 is 0 Å². The van der Waals surface area contributed by atoms with Gasteiger partial charge in [0.05, 0.1) is 0 Å². The maximum Gasteiger partial charge on any atom is 0.0315 e. The first-order chi connectivity index (χ1) is 5.84. The van der Waals surface area contributed by atoms with E-state index < -0.39 is 0 Å². The molecular formula is C10H14N2. The zero-order valence-electron chi connectivity index (χ0n) is 7.11. The third-order valence-corrected chi connectivity index (χ3v) is 1.79. The molecule has 0 aliphatic heterocycles. The summed E-state index contributed by atoms with van der Waals surface area (Å²) in [6.07, 6.45) is 7.35. The predicted molar refractivity (Wildman–Crippen MR) is 50.6 cm³/mol. The van der Waals surface area contributed by atoms with Gasteiger partial charge in [-0.15, -0.1) is 6.58 Å². The number of hydrogen-bond acceptors (Lipinski definition) is 2. The van der Waals surface area contributed by atoms with Gasteiger partial charge in [0, 0.05) is 18.4 Å². The average molecular weight is 162 g/mol. The van der Waals surface area contributed by atoms with Crippen LogP contribution in [-0.4, -0.2) is 4.98 Å². The van der Waals surface area contributed by atoms with Gasteiger partial charge < -0.3 is 5.73 Å². The lowest BCUT2D eigenvalue weighted by molar-refractivity contribution is 0.659. The van der Waals surface area contributed by atoms with E-state index in [1.165, 1.54) is 0 Å². The number of allylic oxidation sites excluding steroid dienone is 1. The van der Waals surface area contributed by atoms with Crippen LogP contribution in [-0.2, 0) is 0 Å². The quantitative estimate of drug-likeness (QED) is 0.688. The largest absolute Gasteiger partial charge is 0.324 e. The van der Waals surface area contributed by atoms with Crippen LogP contribution in [0, 0.1) is 0 Å². The lowest BCUT2D eigenvalue weighted by Gasteiger charge is -2.08. The molecule has 0 aromatic carbocycles. The summed E-state index contributed by atoms with van der Waals surface area (Å²) < 4.78 is 0. The van der Waals surface area contributed by atoms with Gasteiger partial charge in [-0.1, -0.05) is 12.1 Å². The maximum absolute atomic E-state index is 5.89. The number of aromatic nitrogens is 1. The Morgan fingerprint density at radius 3 is 3.08 bits per heavy atom. The van der Waals surface area contributed by atoms with Gasteiger partial charge in [0.1, 0.15) is 0 Å². The van der Waals surface area contributed by atoms with Crippen molar-refractivity contribution in [1.82, 2.24) is 4.98 Å². The van der Waals surface area contributed by atoms with Gasteiger partial charge >= 0.3 is 0 Å². The molecule has 2 nitrogen and oxygen atoms in total. The van der Waals surface area contributed by atoms with Crippen molar-refractivity contribution in [2.45, 2.75) is 18.9 Å². The van der Waals surface area contributed by atoms with E-state index in [0.29, 0.717) is 0 Å². The van der Waals surface area contributed by atoms with Crippen LogP contribution in [0.1, 0.15) is 24.4 Å². The number of hydrogen-bond donors (Lipinski definition) is 1. The predicted octanol–water partition coefficient (Wildman–Crippen LogP) is 2.05. The minimum Gasteiger partial charge on any atom is -0.324 e. The number of nitrogens with zero attached hydrogens (tertiary/aromatic N) is 1. The Morgan fingerprint density at radius 2 is 2.50 bits per heavy atom. The molecule has 0 aliphatic carbocycles. The van der Waals surface area contributed by atoms with E-state index in [1.54, 1.807) is 6.20 Å². The highest BCUT2D eigenvalue weighted by Crippen LogP contribution is 2.13. The molecule has 1 rings (SSSR count). The molecule has 1 aromatic rings. The first-order valence-corrected chi connectivity index (χ1v) is 4.11.